The maximum absolute atomic E-state index is 10.0. The van der Waals surface area contributed by atoms with Crippen molar-refractivity contribution in [1.29, 1.82) is 0 Å². The van der Waals surface area contributed by atoms with Crippen molar-refractivity contribution >= 4 is 5.69 Å². The van der Waals surface area contributed by atoms with Crippen LogP contribution in [-0.4, -0.2) is 5.11 Å². The third-order valence-electron chi connectivity index (χ3n) is 1.55. The van der Waals surface area contributed by atoms with Crippen LogP contribution < -0.4 is 0 Å². The summed E-state index contributed by atoms with van der Waals surface area (Å²) in [6.07, 6.45) is 0.840. The van der Waals surface area contributed by atoms with E-state index in [0.29, 0.717) is 0 Å². The van der Waals surface area contributed by atoms with Gasteiger partial charge in [-0.25, -0.2) is 0 Å². The second-order valence-corrected chi connectivity index (χ2v) is 2.27. The van der Waals surface area contributed by atoms with Crippen molar-refractivity contribution in [2.24, 2.45) is 5.18 Å². The Morgan fingerprint density at radius 2 is 2.27 bits per heavy atom. The van der Waals surface area contributed by atoms with E-state index in [4.69, 9.17) is 5.11 Å². The number of nitrogens with zero attached hydrogens (tertiary/aromatic N) is 1. The van der Waals surface area contributed by atoms with E-state index in [9.17, 15) is 4.91 Å². The van der Waals surface area contributed by atoms with Crippen LogP contribution in [0.1, 0.15) is 12.5 Å². The maximum atomic E-state index is 10.0. The molecule has 0 heterocycles. The number of benzene rings is 1. The van der Waals surface area contributed by atoms with Gasteiger partial charge in [-0.1, -0.05) is 13.0 Å². The quantitative estimate of drug-likeness (QED) is 0.659. The molecule has 0 radical (unpaired) electrons. The monoisotopic (exact) mass is 151 g/mol. The lowest BCUT2D eigenvalue weighted by molar-refractivity contribution is 0.476. The van der Waals surface area contributed by atoms with E-state index in [1.165, 1.54) is 6.07 Å². The summed E-state index contributed by atoms with van der Waals surface area (Å²) in [5.41, 5.74) is 1.09. The summed E-state index contributed by atoms with van der Waals surface area (Å²) >= 11 is 0. The normalized spacial score (nSPS) is 9.55. The molecule has 0 saturated carbocycles. The molecular formula is C8H9NO2. The Hall–Kier alpha value is -1.38. The van der Waals surface area contributed by atoms with E-state index in [-0.39, 0.29) is 11.4 Å². The van der Waals surface area contributed by atoms with Crippen LogP contribution in [0.25, 0.3) is 0 Å². The molecule has 0 amide bonds. The molecule has 3 nitrogen and oxygen atoms in total. The van der Waals surface area contributed by atoms with Gasteiger partial charge in [0.05, 0.1) is 0 Å². The number of aromatic hydroxyl groups is 1. The lowest BCUT2D eigenvalue weighted by Gasteiger charge is -1.98. The van der Waals surface area contributed by atoms with E-state index in [2.05, 4.69) is 5.18 Å². The van der Waals surface area contributed by atoms with Crippen LogP contribution in [0.3, 0.4) is 0 Å². The highest BCUT2D eigenvalue weighted by molar-refractivity contribution is 5.51. The number of phenols is 1. The van der Waals surface area contributed by atoms with Crippen molar-refractivity contribution in [3.63, 3.8) is 0 Å². The first-order valence-electron chi connectivity index (χ1n) is 3.43. The van der Waals surface area contributed by atoms with Crippen LogP contribution >= 0.6 is 0 Å². The number of phenolic OH excluding ortho intramolecular Hbond substituents is 1. The molecule has 1 aromatic carbocycles. The SMILES string of the molecule is CCc1ccc(N=O)c(O)c1. The van der Waals surface area contributed by atoms with Gasteiger partial charge in [-0.3, -0.25) is 0 Å². The lowest BCUT2D eigenvalue weighted by Crippen LogP contribution is -1.77. The third-order valence-corrected chi connectivity index (χ3v) is 1.55. The Labute approximate surface area is 64.7 Å². The Bertz CT molecular complexity index is 271. The summed E-state index contributed by atoms with van der Waals surface area (Å²) in [4.78, 5) is 10.0. The van der Waals surface area contributed by atoms with Gasteiger partial charge in [-0.05, 0) is 29.3 Å². The summed E-state index contributed by atoms with van der Waals surface area (Å²) in [6.45, 7) is 1.97. The smallest absolute Gasteiger partial charge is 0.149 e. The fourth-order valence-corrected chi connectivity index (χ4v) is 0.866. The maximum Gasteiger partial charge on any atom is 0.149 e. The average Bonchev–Trinajstić information content (AvgIpc) is 2.04. The Morgan fingerprint density at radius 3 is 2.73 bits per heavy atom. The molecule has 3 heteroatoms. The molecule has 0 unspecified atom stereocenters. The third kappa shape index (κ3) is 1.55. The van der Waals surface area contributed by atoms with Gasteiger partial charge in [0.15, 0.2) is 0 Å². The fourth-order valence-electron chi connectivity index (χ4n) is 0.866. The molecule has 0 aromatic heterocycles. The summed E-state index contributed by atoms with van der Waals surface area (Å²) < 4.78 is 0. The van der Waals surface area contributed by atoms with Gasteiger partial charge in [-0.2, -0.15) is 0 Å². The van der Waals surface area contributed by atoms with Crippen LogP contribution in [0.15, 0.2) is 23.4 Å². The van der Waals surface area contributed by atoms with Gasteiger partial charge >= 0.3 is 0 Å². The second-order valence-electron chi connectivity index (χ2n) is 2.27. The first-order chi connectivity index (χ1) is 5.27. The van der Waals surface area contributed by atoms with E-state index >= 15 is 0 Å². The van der Waals surface area contributed by atoms with Gasteiger partial charge in [0, 0.05) is 0 Å². The Kier molecular flexibility index (Phi) is 2.21. The second kappa shape index (κ2) is 3.14. The molecule has 0 atom stereocenters. The first-order valence-corrected chi connectivity index (χ1v) is 3.43. The van der Waals surface area contributed by atoms with Crippen LogP contribution in [0.2, 0.25) is 0 Å². The molecular weight excluding hydrogens is 142 g/mol. The Balaban J connectivity index is 3.09. The zero-order valence-electron chi connectivity index (χ0n) is 6.24. The average molecular weight is 151 g/mol. The summed E-state index contributed by atoms with van der Waals surface area (Å²) in [7, 11) is 0. The Morgan fingerprint density at radius 1 is 1.55 bits per heavy atom. The predicted octanol–water partition coefficient (Wildman–Crippen LogP) is 2.35. The standard InChI is InChI=1S/C8H9NO2/c1-2-6-3-4-7(9-11)8(10)5-6/h3-5,10H,2H2,1H3. The van der Waals surface area contributed by atoms with Crippen LogP contribution in [0.4, 0.5) is 5.69 Å². The zero-order chi connectivity index (χ0) is 8.27. The van der Waals surface area contributed by atoms with Crippen molar-refractivity contribution < 1.29 is 5.11 Å². The predicted molar refractivity (Wildman–Crippen MR) is 42.9 cm³/mol. The highest BCUT2D eigenvalue weighted by Crippen LogP contribution is 2.26. The van der Waals surface area contributed by atoms with Crippen LogP contribution in [-0.2, 0) is 6.42 Å². The molecule has 0 saturated heterocycles. The molecule has 1 aromatic rings. The number of hydrogen-bond acceptors (Lipinski definition) is 3. The van der Waals surface area contributed by atoms with Crippen LogP contribution in [0, 0.1) is 4.91 Å². The van der Waals surface area contributed by atoms with Crippen molar-refractivity contribution in [3.05, 3.63) is 28.7 Å². The van der Waals surface area contributed by atoms with Crippen molar-refractivity contribution in [3.8, 4) is 5.75 Å². The molecule has 0 aliphatic heterocycles. The van der Waals surface area contributed by atoms with Crippen molar-refractivity contribution in [2.45, 2.75) is 13.3 Å². The molecule has 0 bridgehead atoms. The lowest BCUT2D eigenvalue weighted by atomic mass is 10.1. The first kappa shape index (κ1) is 7.72. The number of nitroso groups, excluding NO2 is 1. The van der Waals surface area contributed by atoms with Gasteiger partial charge < -0.3 is 5.11 Å². The molecule has 11 heavy (non-hydrogen) atoms. The van der Waals surface area contributed by atoms with E-state index in [0.717, 1.165) is 12.0 Å². The summed E-state index contributed by atoms with van der Waals surface area (Å²) in [5, 5.41) is 11.8. The largest absolute Gasteiger partial charge is 0.506 e. The highest BCUT2D eigenvalue weighted by atomic mass is 16.3. The number of aryl methyl sites for hydroxylation is 1. The van der Waals surface area contributed by atoms with Gasteiger partial charge in [0.1, 0.15) is 11.4 Å². The summed E-state index contributed by atoms with van der Waals surface area (Å²) in [5.74, 6) is -0.0423. The number of hydrogen-bond donors (Lipinski definition) is 1. The minimum atomic E-state index is -0.0423. The molecule has 0 fully saturated rings. The zero-order valence-corrected chi connectivity index (χ0v) is 6.24. The van der Waals surface area contributed by atoms with Gasteiger partial charge in [-0.15, -0.1) is 4.91 Å². The molecule has 0 aliphatic rings. The summed E-state index contributed by atoms with van der Waals surface area (Å²) in [6, 6.07) is 4.84. The highest BCUT2D eigenvalue weighted by Gasteiger charge is 2.00. The minimum absolute atomic E-state index is 0.0423. The van der Waals surface area contributed by atoms with E-state index < -0.39 is 0 Å². The van der Waals surface area contributed by atoms with Gasteiger partial charge in [0.2, 0.25) is 0 Å². The van der Waals surface area contributed by atoms with E-state index in [1.807, 2.05) is 6.92 Å². The molecule has 0 aliphatic carbocycles. The topological polar surface area (TPSA) is 49.7 Å². The molecule has 1 N–H and O–H groups in total. The molecule has 0 spiro atoms. The van der Waals surface area contributed by atoms with Gasteiger partial charge in [0.25, 0.3) is 0 Å². The fraction of sp³-hybridized carbons (Fsp3) is 0.250. The minimum Gasteiger partial charge on any atom is -0.506 e. The van der Waals surface area contributed by atoms with Crippen molar-refractivity contribution in [2.75, 3.05) is 0 Å². The number of rotatable bonds is 2. The van der Waals surface area contributed by atoms with Crippen LogP contribution in [0.5, 0.6) is 5.75 Å². The molecule has 58 valence electrons. The van der Waals surface area contributed by atoms with Crippen molar-refractivity contribution in [1.82, 2.24) is 0 Å². The molecule has 1 rings (SSSR count). The van der Waals surface area contributed by atoms with E-state index in [1.54, 1.807) is 12.1 Å².